The van der Waals surface area contributed by atoms with Crippen LogP contribution in [-0.4, -0.2) is 29.7 Å². The van der Waals surface area contributed by atoms with E-state index in [2.05, 4.69) is 0 Å². The van der Waals surface area contributed by atoms with Gasteiger partial charge in [-0.05, 0) is 0 Å². The Morgan fingerprint density at radius 1 is 1.50 bits per heavy atom. The van der Waals surface area contributed by atoms with Crippen LogP contribution in [0, 0.1) is 0 Å². The molecule has 1 nitrogen and oxygen atoms in total. The van der Waals surface area contributed by atoms with Crippen molar-refractivity contribution < 1.29 is 29.1 Å². The summed E-state index contributed by atoms with van der Waals surface area (Å²) in [7, 11) is 0. The Hall–Kier alpha value is 1.46. The maximum absolute atomic E-state index is 9.30. The third-order valence-electron chi connectivity index (χ3n) is 0.204. The van der Waals surface area contributed by atoms with E-state index in [0.717, 1.165) is 6.42 Å². The van der Waals surface area contributed by atoms with Gasteiger partial charge in [0.1, 0.15) is 0 Å². The van der Waals surface area contributed by atoms with E-state index in [1.807, 2.05) is 6.92 Å². The van der Waals surface area contributed by atoms with Crippen LogP contribution in [0.1, 0.15) is 13.3 Å². The molecule has 0 N–H and O–H groups in total. The molecule has 0 atom stereocenters. The molecule has 0 rings (SSSR count). The van der Waals surface area contributed by atoms with Gasteiger partial charge in [-0.15, -0.1) is 6.61 Å². The Balaban J connectivity index is -0.0000000450. The SMILES string of the molecule is CCC[O-].[I-].[Mg+2]. The zero-order valence-corrected chi connectivity index (χ0v) is 7.48. The topological polar surface area (TPSA) is 23.1 Å². The van der Waals surface area contributed by atoms with E-state index in [9.17, 15) is 5.11 Å². The molecular weight excluding hydrogens is 203 g/mol. The fourth-order valence-electron chi connectivity index (χ4n) is 0. The molecule has 0 aliphatic heterocycles. The Bertz CT molecular complexity index is 12.8. The molecule has 0 unspecified atom stereocenters. The first-order valence-corrected chi connectivity index (χ1v) is 1.50. The molecule has 0 radical (unpaired) electrons. The van der Waals surface area contributed by atoms with E-state index in [0.29, 0.717) is 0 Å². The van der Waals surface area contributed by atoms with E-state index < -0.39 is 0 Å². The largest absolute Gasteiger partial charge is 2.00 e. The van der Waals surface area contributed by atoms with Gasteiger partial charge in [0.05, 0.1) is 0 Å². The number of hydrogen-bond acceptors (Lipinski definition) is 1. The minimum Gasteiger partial charge on any atom is -1.00 e. The fourth-order valence-corrected chi connectivity index (χ4v) is 0. The van der Waals surface area contributed by atoms with Crippen LogP contribution in [0.3, 0.4) is 0 Å². The fraction of sp³-hybridized carbons (Fsp3) is 1.00. The van der Waals surface area contributed by atoms with Crippen molar-refractivity contribution in [2.45, 2.75) is 13.3 Å². The van der Waals surface area contributed by atoms with Crippen LogP contribution < -0.4 is 29.1 Å². The van der Waals surface area contributed by atoms with Gasteiger partial charge in [-0.1, -0.05) is 13.3 Å². The molecule has 0 bridgehead atoms. The van der Waals surface area contributed by atoms with Gasteiger partial charge in [0.2, 0.25) is 0 Å². The van der Waals surface area contributed by atoms with Gasteiger partial charge in [-0.25, -0.2) is 0 Å². The zero-order valence-electron chi connectivity index (χ0n) is 3.91. The molecule has 0 fully saturated rings. The number of rotatable bonds is 1. The minimum atomic E-state index is 0. The molecule has 3 heteroatoms. The van der Waals surface area contributed by atoms with Crippen molar-refractivity contribution in [3.05, 3.63) is 0 Å². The van der Waals surface area contributed by atoms with Gasteiger partial charge >= 0.3 is 23.1 Å². The summed E-state index contributed by atoms with van der Waals surface area (Å²) in [4.78, 5) is 0. The van der Waals surface area contributed by atoms with Gasteiger partial charge in [-0.2, -0.15) is 0 Å². The van der Waals surface area contributed by atoms with Crippen molar-refractivity contribution >= 4 is 23.1 Å². The second-order valence-electron chi connectivity index (χ2n) is 0.704. The predicted octanol–water partition coefficient (Wildman–Crippen LogP) is -3.62. The minimum absolute atomic E-state index is 0. The molecule has 0 aromatic heterocycles. The average molecular weight is 210 g/mol. The number of halogens is 1. The summed E-state index contributed by atoms with van der Waals surface area (Å²) in [5.74, 6) is 0. The van der Waals surface area contributed by atoms with Crippen molar-refractivity contribution in [1.82, 2.24) is 0 Å². The maximum atomic E-state index is 9.30. The van der Waals surface area contributed by atoms with E-state index in [1.165, 1.54) is 0 Å². The van der Waals surface area contributed by atoms with Gasteiger partial charge in [0, 0.05) is 0 Å². The standard InChI is InChI=1S/C3H7O.HI.Mg/c1-2-3-4;;/h2-3H2,1H3;1H;/q-1;;+2/p-1. The van der Waals surface area contributed by atoms with Crippen molar-refractivity contribution in [3.63, 3.8) is 0 Å². The molecule has 0 saturated heterocycles. The van der Waals surface area contributed by atoms with Crippen LogP contribution in [0.25, 0.3) is 0 Å². The molecule has 0 amide bonds. The van der Waals surface area contributed by atoms with Crippen molar-refractivity contribution in [3.8, 4) is 0 Å². The number of hydrogen-bond donors (Lipinski definition) is 0. The second kappa shape index (κ2) is 16.1. The van der Waals surface area contributed by atoms with Crippen molar-refractivity contribution in [2.24, 2.45) is 0 Å². The monoisotopic (exact) mass is 210 g/mol. The predicted molar refractivity (Wildman–Crippen MR) is 20.9 cm³/mol. The molecule has 0 aromatic carbocycles. The van der Waals surface area contributed by atoms with E-state index in [4.69, 9.17) is 0 Å². The molecule has 34 valence electrons. The Labute approximate surface area is 71.7 Å². The van der Waals surface area contributed by atoms with E-state index in [1.54, 1.807) is 0 Å². The first-order valence-electron chi connectivity index (χ1n) is 1.50. The first-order chi connectivity index (χ1) is 1.91. The Kier molecular flexibility index (Phi) is 42.0. The molecule has 6 heavy (non-hydrogen) atoms. The normalized spacial score (nSPS) is 5.00. The maximum Gasteiger partial charge on any atom is 2.00 e. The third-order valence-corrected chi connectivity index (χ3v) is 0.204. The molecule has 0 saturated carbocycles. The van der Waals surface area contributed by atoms with Crippen LogP contribution >= 0.6 is 0 Å². The van der Waals surface area contributed by atoms with Gasteiger partial charge in [0.25, 0.3) is 0 Å². The van der Waals surface area contributed by atoms with Crippen LogP contribution in [0.15, 0.2) is 0 Å². The average Bonchev–Trinajstić information content (AvgIpc) is 1.37. The summed E-state index contributed by atoms with van der Waals surface area (Å²) in [5.41, 5.74) is 0. The summed E-state index contributed by atoms with van der Waals surface area (Å²) in [6.07, 6.45) is 0.764. The third kappa shape index (κ3) is 18.0. The summed E-state index contributed by atoms with van der Waals surface area (Å²) >= 11 is 0. The van der Waals surface area contributed by atoms with Crippen LogP contribution in [0.5, 0.6) is 0 Å². The summed E-state index contributed by atoms with van der Waals surface area (Å²) in [5, 5.41) is 9.30. The first kappa shape index (κ1) is 15.7. The molecule has 0 aliphatic carbocycles. The van der Waals surface area contributed by atoms with E-state index in [-0.39, 0.29) is 53.6 Å². The second-order valence-corrected chi connectivity index (χ2v) is 0.704. The summed E-state index contributed by atoms with van der Waals surface area (Å²) < 4.78 is 0. The van der Waals surface area contributed by atoms with Crippen LogP contribution in [-0.2, 0) is 0 Å². The van der Waals surface area contributed by atoms with Gasteiger partial charge in [0.15, 0.2) is 0 Å². The van der Waals surface area contributed by atoms with Gasteiger partial charge < -0.3 is 29.1 Å². The Morgan fingerprint density at radius 2 is 1.67 bits per heavy atom. The van der Waals surface area contributed by atoms with Crippen molar-refractivity contribution in [1.29, 1.82) is 0 Å². The molecule has 0 spiro atoms. The van der Waals surface area contributed by atoms with Crippen LogP contribution in [0.4, 0.5) is 0 Å². The quantitative estimate of drug-likeness (QED) is 0.324. The van der Waals surface area contributed by atoms with Crippen LogP contribution in [0.2, 0.25) is 0 Å². The molecular formula is C3H7IMgO. The Morgan fingerprint density at radius 3 is 1.67 bits per heavy atom. The summed E-state index contributed by atoms with van der Waals surface area (Å²) in [6.45, 7) is 1.94. The van der Waals surface area contributed by atoms with Crippen molar-refractivity contribution in [2.75, 3.05) is 6.61 Å². The smallest absolute Gasteiger partial charge is 1.00 e. The van der Waals surface area contributed by atoms with Gasteiger partial charge in [-0.3, -0.25) is 0 Å². The summed E-state index contributed by atoms with van der Waals surface area (Å²) in [6, 6.07) is 0. The molecule has 0 aliphatic rings. The zero-order chi connectivity index (χ0) is 3.41. The molecule has 0 aromatic rings. The molecule has 0 heterocycles. The van der Waals surface area contributed by atoms with E-state index >= 15 is 0 Å².